The van der Waals surface area contributed by atoms with Gasteiger partial charge in [-0.15, -0.1) is 0 Å². The van der Waals surface area contributed by atoms with Gasteiger partial charge in [-0.05, 0) is 18.9 Å². The number of carbonyl (C=O) groups excluding carboxylic acids is 2. The Kier molecular flexibility index (Phi) is 5.71. The Morgan fingerprint density at radius 1 is 1.12 bits per heavy atom. The van der Waals surface area contributed by atoms with Gasteiger partial charge in [0.1, 0.15) is 0 Å². The molecule has 1 aliphatic heterocycles. The number of amides is 2. The SMILES string of the molecule is O=C(CCCCCCC(=O)N1CCc2[nH]c3ccccc3c2C1)NO. The van der Waals surface area contributed by atoms with Gasteiger partial charge in [-0.1, -0.05) is 31.0 Å². The van der Waals surface area contributed by atoms with Gasteiger partial charge in [-0.2, -0.15) is 0 Å². The highest BCUT2D eigenvalue weighted by molar-refractivity contribution is 5.86. The first-order valence-electron chi connectivity index (χ1n) is 8.98. The van der Waals surface area contributed by atoms with E-state index in [0.29, 0.717) is 19.4 Å². The van der Waals surface area contributed by atoms with Crippen molar-refractivity contribution < 1.29 is 14.8 Å². The number of aromatic amines is 1. The van der Waals surface area contributed by atoms with Crippen molar-refractivity contribution in [3.63, 3.8) is 0 Å². The Labute approximate surface area is 147 Å². The van der Waals surface area contributed by atoms with Crippen LogP contribution in [0.4, 0.5) is 0 Å². The molecule has 6 nitrogen and oxygen atoms in total. The summed E-state index contributed by atoms with van der Waals surface area (Å²) in [6, 6.07) is 8.25. The van der Waals surface area contributed by atoms with Crippen molar-refractivity contribution in [1.82, 2.24) is 15.4 Å². The Balaban J connectivity index is 1.45. The first kappa shape index (κ1) is 17.5. The van der Waals surface area contributed by atoms with E-state index in [1.54, 1.807) is 5.48 Å². The fourth-order valence-corrected chi connectivity index (χ4v) is 3.51. The van der Waals surface area contributed by atoms with Crippen molar-refractivity contribution in [1.29, 1.82) is 0 Å². The molecule has 0 saturated carbocycles. The lowest BCUT2D eigenvalue weighted by Crippen LogP contribution is -2.35. The van der Waals surface area contributed by atoms with Gasteiger partial charge in [0, 0.05) is 54.5 Å². The number of nitrogens with zero attached hydrogens (tertiary/aromatic N) is 1. The van der Waals surface area contributed by atoms with Crippen molar-refractivity contribution in [2.45, 2.75) is 51.5 Å². The van der Waals surface area contributed by atoms with Gasteiger partial charge in [-0.3, -0.25) is 14.8 Å². The molecule has 2 aromatic rings. The van der Waals surface area contributed by atoms with E-state index in [9.17, 15) is 9.59 Å². The normalized spacial score (nSPS) is 13.7. The molecule has 134 valence electrons. The van der Waals surface area contributed by atoms with Crippen molar-refractivity contribution in [2.75, 3.05) is 6.54 Å². The van der Waals surface area contributed by atoms with Crippen molar-refractivity contribution in [3.05, 3.63) is 35.5 Å². The second kappa shape index (κ2) is 8.16. The molecule has 0 fully saturated rings. The van der Waals surface area contributed by atoms with Crippen LogP contribution in [0.15, 0.2) is 24.3 Å². The summed E-state index contributed by atoms with van der Waals surface area (Å²) < 4.78 is 0. The summed E-state index contributed by atoms with van der Waals surface area (Å²) in [4.78, 5) is 28.8. The zero-order chi connectivity index (χ0) is 17.6. The minimum atomic E-state index is -0.348. The van der Waals surface area contributed by atoms with Crippen molar-refractivity contribution >= 4 is 22.7 Å². The highest BCUT2D eigenvalue weighted by Gasteiger charge is 2.23. The summed E-state index contributed by atoms with van der Waals surface area (Å²) in [5.74, 6) is -0.136. The Bertz CT molecular complexity index is 753. The van der Waals surface area contributed by atoms with Crippen LogP contribution < -0.4 is 5.48 Å². The minimum absolute atomic E-state index is 0.212. The summed E-state index contributed by atoms with van der Waals surface area (Å²) >= 11 is 0. The van der Waals surface area contributed by atoms with E-state index < -0.39 is 0 Å². The Morgan fingerprint density at radius 2 is 1.88 bits per heavy atom. The number of unbranched alkanes of at least 4 members (excludes halogenated alkanes) is 3. The molecule has 3 rings (SSSR count). The third-order valence-corrected chi connectivity index (χ3v) is 4.90. The number of hydrogen-bond donors (Lipinski definition) is 3. The average molecular weight is 343 g/mol. The molecule has 2 heterocycles. The van der Waals surface area contributed by atoms with Crippen LogP contribution in [0.2, 0.25) is 0 Å². The predicted molar refractivity (Wildman–Crippen MR) is 95.1 cm³/mol. The van der Waals surface area contributed by atoms with Crippen molar-refractivity contribution in [2.24, 2.45) is 0 Å². The fraction of sp³-hybridized carbons (Fsp3) is 0.474. The van der Waals surface area contributed by atoms with E-state index in [4.69, 9.17) is 5.21 Å². The summed E-state index contributed by atoms with van der Waals surface area (Å²) in [6.07, 6.45) is 5.18. The van der Waals surface area contributed by atoms with Gasteiger partial charge in [0.05, 0.1) is 0 Å². The standard InChI is InChI=1S/C19H25N3O3/c23-18(21-25)9-3-1-2-4-10-19(24)22-12-11-17-15(13-22)14-7-5-6-8-16(14)20-17/h5-8,20,25H,1-4,9-13H2,(H,21,23). The maximum atomic E-state index is 12.5. The second-order valence-electron chi connectivity index (χ2n) is 6.64. The molecule has 1 aromatic carbocycles. The van der Waals surface area contributed by atoms with Crippen LogP contribution in [0.1, 0.15) is 49.8 Å². The first-order valence-corrected chi connectivity index (χ1v) is 8.98. The predicted octanol–water partition coefficient (Wildman–Crippen LogP) is 2.90. The number of para-hydroxylation sites is 1. The molecule has 3 N–H and O–H groups in total. The van der Waals surface area contributed by atoms with Crippen LogP contribution in [0.25, 0.3) is 10.9 Å². The van der Waals surface area contributed by atoms with E-state index >= 15 is 0 Å². The summed E-state index contributed by atoms with van der Waals surface area (Å²) in [6.45, 7) is 1.46. The van der Waals surface area contributed by atoms with E-state index in [1.165, 1.54) is 16.6 Å². The molecule has 1 aliphatic rings. The molecule has 0 radical (unpaired) electrons. The third kappa shape index (κ3) is 4.20. The number of rotatable bonds is 7. The number of hydroxylamine groups is 1. The van der Waals surface area contributed by atoms with Gasteiger partial charge in [-0.25, -0.2) is 5.48 Å². The molecule has 2 amide bonds. The molecule has 0 unspecified atom stereocenters. The minimum Gasteiger partial charge on any atom is -0.358 e. The highest BCUT2D eigenvalue weighted by atomic mass is 16.5. The molecule has 6 heteroatoms. The van der Waals surface area contributed by atoms with Gasteiger partial charge < -0.3 is 9.88 Å². The molecule has 0 aliphatic carbocycles. The summed E-state index contributed by atoms with van der Waals surface area (Å²) in [5.41, 5.74) is 5.29. The molecular weight excluding hydrogens is 318 g/mol. The van der Waals surface area contributed by atoms with Gasteiger partial charge in [0.2, 0.25) is 11.8 Å². The molecule has 25 heavy (non-hydrogen) atoms. The van der Waals surface area contributed by atoms with E-state index in [-0.39, 0.29) is 11.8 Å². The highest BCUT2D eigenvalue weighted by Crippen LogP contribution is 2.27. The van der Waals surface area contributed by atoms with Crippen LogP contribution in [-0.2, 0) is 22.6 Å². The summed E-state index contributed by atoms with van der Waals surface area (Å²) in [5, 5.41) is 9.64. The number of fused-ring (bicyclic) bond motifs is 3. The molecular formula is C19H25N3O3. The lowest BCUT2D eigenvalue weighted by atomic mass is 10.0. The third-order valence-electron chi connectivity index (χ3n) is 4.90. The number of aromatic nitrogens is 1. The fourth-order valence-electron chi connectivity index (χ4n) is 3.51. The maximum absolute atomic E-state index is 12.5. The molecule has 0 saturated heterocycles. The number of H-pyrrole nitrogens is 1. The number of carbonyl (C=O) groups is 2. The monoisotopic (exact) mass is 343 g/mol. The van der Waals surface area contributed by atoms with Crippen LogP contribution in [0, 0.1) is 0 Å². The van der Waals surface area contributed by atoms with Crippen LogP contribution in [-0.4, -0.2) is 33.5 Å². The molecule has 0 atom stereocenters. The van der Waals surface area contributed by atoms with Crippen molar-refractivity contribution in [3.8, 4) is 0 Å². The Morgan fingerprint density at radius 3 is 2.68 bits per heavy atom. The van der Waals surface area contributed by atoms with E-state index in [0.717, 1.165) is 44.2 Å². The van der Waals surface area contributed by atoms with Gasteiger partial charge >= 0.3 is 0 Å². The zero-order valence-corrected chi connectivity index (χ0v) is 14.4. The van der Waals surface area contributed by atoms with E-state index in [1.807, 2.05) is 17.0 Å². The number of benzene rings is 1. The smallest absolute Gasteiger partial charge is 0.243 e. The average Bonchev–Trinajstić information content (AvgIpc) is 3.01. The number of hydrogen-bond acceptors (Lipinski definition) is 3. The Hall–Kier alpha value is -2.34. The number of nitrogens with one attached hydrogen (secondary N) is 2. The second-order valence-corrected chi connectivity index (χ2v) is 6.64. The first-order chi connectivity index (χ1) is 12.2. The van der Waals surface area contributed by atoms with Crippen LogP contribution in [0.5, 0.6) is 0 Å². The largest absolute Gasteiger partial charge is 0.358 e. The molecule has 0 bridgehead atoms. The van der Waals surface area contributed by atoms with Crippen LogP contribution >= 0.6 is 0 Å². The zero-order valence-electron chi connectivity index (χ0n) is 14.4. The van der Waals surface area contributed by atoms with E-state index in [2.05, 4.69) is 17.1 Å². The van der Waals surface area contributed by atoms with Gasteiger partial charge in [0.15, 0.2) is 0 Å². The topological polar surface area (TPSA) is 85.4 Å². The molecule has 1 aromatic heterocycles. The van der Waals surface area contributed by atoms with Crippen LogP contribution in [0.3, 0.4) is 0 Å². The molecule has 0 spiro atoms. The maximum Gasteiger partial charge on any atom is 0.243 e. The quantitative estimate of drug-likeness (QED) is 0.410. The van der Waals surface area contributed by atoms with Gasteiger partial charge in [0.25, 0.3) is 0 Å². The lowest BCUT2D eigenvalue weighted by Gasteiger charge is -2.27. The lowest BCUT2D eigenvalue weighted by molar-refractivity contribution is -0.132. The summed E-state index contributed by atoms with van der Waals surface area (Å²) in [7, 11) is 0.